The molecule has 0 aliphatic carbocycles. The number of carboxylic acids is 1. The van der Waals surface area contributed by atoms with Crippen molar-refractivity contribution in [1.82, 2.24) is 25.8 Å². The molecule has 0 radical (unpaired) electrons. The minimum absolute atomic E-state index is 0.0112. The van der Waals surface area contributed by atoms with Crippen LogP contribution in [0, 0.1) is 23.7 Å². The van der Waals surface area contributed by atoms with Crippen LogP contribution in [0.2, 0.25) is 0 Å². The average molecular weight is 732 g/mol. The highest BCUT2D eigenvalue weighted by Crippen LogP contribution is 2.29. The first-order valence-corrected chi connectivity index (χ1v) is 18.7. The number of likely N-dealkylation sites (tertiary alicyclic amines) is 1. The minimum Gasteiger partial charge on any atom is -0.480 e. The van der Waals surface area contributed by atoms with Gasteiger partial charge in [0.25, 0.3) is 0 Å². The highest BCUT2D eigenvalue weighted by Gasteiger charge is 2.43. The van der Waals surface area contributed by atoms with Crippen LogP contribution in [0.15, 0.2) is 30.3 Å². The molecule has 1 unspecified atom stereocenters. The summed E-state index contributed by atoms with van der Waals surface area (Å²) in [6, 6.07) is 5.84. The molecule has 2 rings (SSSR count). The first-order valence-electron chi connectivity index (χ1n) is 18.7. The Hall–Kier alpha value is -3.55. The Balaban J connectivity index is 2.26. The molecule has 4 N–H and O–H groups in total. The topological polar surface area (TPSA) is 167 Å². The molecular formula is C39H65N5O8. The molecule has 52 heavy (non-hydrogen) atoms. The summed E-state index contributed by atoms with van der Waals surface area (Å²) < 4.78 is 11.8. The van der Waals surface area contributed by atoms with Gasteiger partial charge >= 0.3 is 5.97 Å². The summed E-state index contributed by atoms with van der Waals surface area (Å²) in [6.07, 6.45) is 0.818. The van der Waals surface area contributed by atoms with E-state index in [1.54, 1.807) is 30.8 Å². The number of nitrogens with one attached hydrogen (secondary N) is 3. The van der Waals surface area contributed by atoms with Crippen molar-refractivity contribution in [3.63, 3.8) is 0 Å². The van der Waals surface area contributed by atoms with Crippen molar-refractivity contribution in [3.8, 4) is 0 Å². The zero-order chi connectivity index (χ0) is 39.3. The summed E-state index contributed by atoms with van der Waals surface area (Å²) in [6.45, 7) is 13.9. The standard InChI is InChI=1S/C39H65N5O8/c1-12-25(6)34(43(9)38(48)33(24(4)5)42-37(47)32(40-8)23(2)3)30(51-10)22-31(45)44-20-16-19-29(44)35(52-11)26(7)36(46)41-28(39(49)50)21-27-17-14-13-15-18-27/h13-15,17-18,23-26,28-30,32-35,40H,12,16,19-22H2,1-11H3,(H,41,46)(H,42,47)(H,49,50)/t25-,26+,28-,29-,30+,32-,33?,34-,35+/m0/s1. The van der Waals surface area contributed by atoms with Crippen molar-refractivity contribution in [2.45, 2.75) is 123 Å². The number of aliphatic carboxylic acids is 1. The first-order chi connectivity index (χ1) is 24.5. The summed E-state index contributed by atoms with van der Waals surface area (Å²) in [4.78, 5) is 70.3. The van der Waals surface area contributed by atoms with Crippen molar-refractivity contribution in [2.24, 2.45) is 23.7 Å². The highest BCUT2D eigenvalue weighted by molar-refractivity contribution is 5.90. The number of amides is 4. The lowest BCUT2D eigenvalue weighted by Gasteiger charge is -2.41. The van der Waals surface area contributed by atoms with Crippen molar-refractivity contribution in [3.05, 3.63) is 35.9 Å². The smallest absolute Gasteiger partial charge is 0.326 e. The van der Waals surface area contributed by atoms with Gasteiger partial charge in [0, 0.05) is 34.2 Å². The minimum atomic E-state index is -1.14. The van der Waals surface area contributed by atoms with E-state index in [9.17, 15) is 29.1 Å². The Morgan fingerprint density at radius 3 is 2.04 bits per heavy atom. The molecule has 1 saturated heterocycles. The molecule has 4 amide bonds. The molecule has 294 valence electrons. The Morgan fingerprint density at radius 1 is 0.923 bits per heavy atom. The second-order valence-corrected chi connectivity index (χ2v) is 14.9. The van der Waals surface area contributed by atoms with Crippen molar-refractivity contribution >= 4 is 29.6 Å². The van der Waals surface area contributed by atoms with Crippen LogP contribution in [-0.4, -0.2) is 122 Å². The Labute approximate surface area is 310 Å². The molecule has 0 spiro atoms. The van der Waals surface area contributed by atoms with Gasteiger partial charge in [-0.05, 0) is 43.2 Å². The van der Waals surface area contributed by atoms with E-state index in [4.69, 9.17) is 9.47 Å². The first kappa shape index (κ1) is 44.6. The van der Waals surface area contributed by atoms with Crippen molar-refractivity contribution < 1.29 is 38.6 Å². The van der Waals surface area contributed by atoms with E-state index < -0.39 is 60.2 Å². The lowest BCUT2D eigenvalue weighted by Crippen LogP contribution is -2.59. The molecule has 1 aliphatic heterocycles. The second kappa shape index (κ2) is 21.2. The van der Waals surface area contributed by atoms with Gasteiger partial charge in [-0.15, -0.1) is 0 Å². The lowest BCUT2D eigenvalue weighted by atomic mass is 9.89. The summed E-state index contributed by atoms with van der Waals surface area (Å²) in [5, 5.41) is 18.5. The van der Waals surface area contributed by atoms with E-state index in [1.165, 1.54) is 14.2 Å². The number of carbonyl (C=O) groups excluding carboxylic acids is 4. The average Bonchev–Trinajstić information content (AvgIpc) is 3.59. The fraction of sp³-hybridized carbons (Fsp3) is 0.718. The molecule has 1 aliphatic rings. The number of methoxy groups -OCH3 is 2. The number of benzene rings is 1. The summed E-state index contributed by atoms with van der Waals surface area (Å²) in [5.41, 5.74) is 0.785. The van der Waals surface area contributed by atoms with Crippen LogP contribution in [0.5, 0.6) is 0 Å². The van der Waals surface area contributed by atoms with Gasteiger partial charge < -0.3 is 40.3 Å². The zero-order valence-corrected chi connectivity index (χ0v) is 33.2. The van der Waals surface area contributed by atoms with Crippen LogP contribution in [0.3, 0.4) is 0 Å². The fourth-order valence-electron chi connectivity index (χ4n) is 7.40. The molecule has 1 aromatic rings. The normalized spacial score (nSPS) is 19.2. The predicted octanol–water partition coefficient (Wildman–Crippen LogP) is 3.10. The SMILES string of the molecule is CC[C@H](C)[C@@H]([C@@H](CC(=O)N1CCC[C@H]1[C@H](OC)[C@@H](C)C(=O)N[C@@H](Cc1ccccc1)C(=O)O)OC)N(C)C(=O)C(NC(=O)[C@@H](NC)C(C)C)C(C)C. The molecule has 1 fully saturated rings. The number of hydrogen-bond acceptors (Lipinski definition) is 8. The van der Waals surface area contributed by atoms with Crippen molar-refractivity contribution in [1.29, 1.82) is 0 Å². The van der Waals surface area contributed by atoms with E-state index in [1.807, 2.05) is 71.9 Å². The van der Waals surface area contributed by atoms with Crippen LogP contribution >= 0.6 is 0 Å². The Kier molecular flexibility index (Phi) is 18.2. The van der Waals surface area contributed by atoms with E-state index in [0.717, 1.165) is 12.0 Å². The third-order valence-corrected chi connectivity index (χ3v) is 10.6. The monoisotopic (exact) mass is 731 g/mol. The van der Waals surface area contributed by atoms with E-state index in [2.05, 4.69) is 16.0 Å². The van der Waals surface area contributed by atoms with Gasteiger partial charge in [-0.25, -0.2) is 4.79 Å². The molecule has 13 heteroatoms. The van der Waals surface area contributed by atoms with Crippen LogP contribution in [-0.2, 0) is 39.9 Å². The number of ether oxygens (including phenoxy) is 2. The Morgan fingerprint density at radius 2 is 1.54 bits per heavy atom. The van der Waals surface area contributed by atoms with E-state index in [0.29, 0.717) is 19.4 Å². The lowest BCUT2D eigenvalue weighted by molar-refractivity contribution is -0.148. The molecule has 0 saturated carbocycles. The molecule has 13 nitrogen and oxygen atoms in total. The third kappa shape index (κ3) is 11.7. The Bertz CT molecular complexity index is 1310. The number of likely N-dealkylation sites (N-methyl/N-ethyl adjacent to an activating group) is 2. The van der Waals surface area contributed by atoms with Gasteiger partial charge in [-0.3, -0.25) is 19.2 Å². The molecular weight excluding hydrogens is 666 g/mol. The molecule has 9 atom stereocenters. The van der Waals surface area contributed by atoms with Gasteiger partial charge in [0.2, 0.25) is 23.6 Å². The third-order valence-electron chi connectivity index (χ3n) is 10.6. The number of carbonyl (C=O) groups is 5. The quantitative estimate of drug-likeness (QED) is 0.149. The number of rotatable bonds is 21. The summed E-state index contributed by atoms with van der Waals surface area (Å²) in [5.74, 6) is -3.27. The fourth-order valence-corrected chi connectivity index (χ4v) is 7.40. The largest absolute Gasteiger partial charge is 0.480 e. The van der Waals surface area contributed by atoms with Crippen LogP contribution in [0.25, 0.3) is 0 Å². The maximum atomic E-state index is 14.1. The highest BCUT2D eigenvalue weighted by atomic mass is 16.5. The molecule has 1 aromatic carbocycles. The second-order valence-electron chi connectivity index (χ2n) is 14.9. The number of carboxylic acid groups (broad SMARTS) is 1. The number of hydrogen-bond donors (Lipinski definition) is 4. The van der Waals surface area contributed by atoms with Gasteiger partial charge in [0.1, 0.15) is 12.1 Å². The molecule has 0 bridgehead atoms. The van der Waals surface area contributed by atoms with Gasteiger partial charge in [0.05, 0.1) is 42.7 Å². The van der Waals surface area contributed by atoms with Crippen LogP contribution in [0.1, 0.15) is 79.7 Å². The van der Waals surface area contributed by atoms with Crippen LogP contribution in [0.4, 0.5) is 0 Å². The van der Waals surface area contributed by atoms with Crippen molar-refractivity contribution in [2.75, 3.05) is 34.9 Å². The van der Waals surface area contributed by atoms with Gasteiger partial charge in [-0.2, -0.15) is 0 Å². The molecule has 1 heterocycles. The van der Waals surface area contributed by atoms with E-state index in [-0.39, 0.29) is 48.3 Å². The number of nitrogens with zero attached hydrogens (tertiary/aromatic N) is 2. The maximum absolute atomic E-state index is 14.1. The summed E-state index contributed by atoms with van der Waals surface area (Å²) in [7, 11) is 6.46. The predicted molar refractivity (Wildman–Crippen MR) is 200 cm³/mol. The maximum Gasteiger partial charge on any atom is 0.326 e. The van der Waals surface area contributed by atoms with Gasteiger partial charge in [-0.1, -0.05) is 85.2 Å². The zero-order valence-electron chi connectivity index (χ0n) is 33.2. The van der Waals surface area contributed by atoms with Gasteiger partial charge in [0.15, 0.2) is 0 Å². The molecule has 0 aromatic heterocycles. The van der Waals surface area contributed by atoms with Crippen LogP contribution < -0.4 is 16.0 Å². The summed E-state index contributed by atoms with van der Waals surface area (Å²) >= 11 is 0. The van der Waals surface area contributed by atoms with E-state index >= 15 is 0 Å².